The van der Waals surface area contributed by atoms with Gasteiger partial charge in [0, 0.05) is 43.4 Å². The highest BCUT2D eigenvalue weighted by Crippen LogP contribution is 2.63. The zero-order valence-corrected chi connectivity index (χ0v) is 19.1. The van der Waals surface area contributed by atoms with Crippen molar-refractivity contribution in [2.75, 3.05) is 46.7 Å². The molecule has 2 bridgehead atoms. The molecule has 0 radical (unpaired) electrons. The second-order valence-corrected chi connectivity index (χ2v) is 9.54. The van der Waals surface area contributed by atoms with E-state index in [0.29, 0.717) is 18.2 Å². The fraction of sp³-hybridized carbons (Fsp3) is 0.458. The van der Waals surface area contributed by atoms with E-state index in [-0.39, 0.29) is 11.4 Å². The number of hydrogen-bond donors (Lipinski definition) is 1. The van der Waals surface area contributed by atoms with Gasteiger partial charge in [-0.05, 0) is 69.6 Å². The van der Waals surface area contributed by atoms with Gasteiger partial charge in [0.2, 0.25) is 5.95 Å². The largest absolute Gasteiger partial charge is 0.492 e. The summed E-state index contributed by atoms with van der Waals surface area (Å²) in [6.45, 7) is 1.52. The predicted molar refractivity (Wildman–Crippen MR) is 125 cm³/mol. The number of hydrogen-bond acceptors (Lipinski definition) is 6. The molecule has 3 fully saturated rings. The van der Waals surface area contributed by atoms with Crippen molar-refractivity contribution < 1.29 is 9.53 Å². The van der Waals surface area contributed by atoms with Gasteiger partial charge in [-0.3, -0.25) is 4.79 Å². The summed E-state index contributed by atoms with van der Waals surface area (Å²) in [6, 6.07) is 9.73. The molecule has 3 aromatic rings. The Bertz CT molecular complexity index is 1130. The Labute approximate surface area is 188 Å². The lowest BCUT2D eigenvalue weighted by Gasteiger charge is -2.62. The molecular weight excluding hydrogens is 404 g/mol. The van der Waals surface area contributed by atoms with Crippen LogP contribution < -0.4 is 10.1 Å². The lowest BCUT2D eigenvalue weighted by Crippen LogP contribution is -2.60. The van der Waals surface area contributed by atoms with Crippen molar-refractivity contribution >= 4 is 28.6 Å². The fourth-order valence-electron chi connectivity index (χ4n) is 4.73. The van der Waals surface area contributed by atoms with Crippen LogP contribution in [-0.2, 0) is 5.54 Å². The smallest absolute Gasteiger partial charge is 0.270 e. The zero-order chi connectivity index (χ0) is 22.5. The first-order valence-corrected chi connectivity index (χ1v) is 11.1. The molecule has 32 heavy (non-hydrogen) atoms. The van der Waals surface area contributed by atoms with Gasteiger partial charge in [-0.2, -0.15) is 4.98 Å². The van der Waals surface area contributed by atoms with Crippen LogP contribution in [0.1, 0.15) is 29.8 Å². The molecule has 3 saturated carbocycles. The molecule has 2 heterocycles. The van der Waals surface area contributed by atoms with Crippen molar-refractivity contribution in [3.8, 4) is 5.75 Å². The minimum Gasteiger partial charge on any atom is -0.492 e. The molecule has 0 spiro atoms. The number of likely N-dealkylation sites (N-methyl/N-ethyl adjacent to an activating group) is 1. The van der Waals surface area contributed by atoms with Crippen LogP contribution in [0.3, 0.4) is 0 Å². The number of carbonyl (C=O) groups excluding carboxylic acids is 1. The molecular formula is C24H30N6O2. The third kappa shape index (κ3) is 3.58. The van der Waals surface area contributed by atoms with Gasteiger partial charge in [0.05, 0.1) is 0 Å². The zero-order valence-electron chi connectivity index (χ0n) is 19.1. The third-order valence-corrected chi connectivity index (χ3v) is 6.56. The third-order valence-electron chi connectivity index (χ3n) is 6.56. The Morgan fingerprint density at radius 1 is 1.19 bits per heavy atom. The van der Waals surface area contributed by atoms with E-state index in [9.17, 15) is 4.79 Å². The first kappa shape index (κ1) is 20.8. The van der Waals surface area contributed by atoms with Crippen LogP contribution >= 0.6 is 0 Å². The van der Waals surface area contributed by atoms with Gasteiger partial charge in [0.1, 0.15) is 23.7 Å². The molecule has 8 heteroatoms. The Kier molecular flexibility index (Phi) is 5.04. The van der Waals surface area contributed by atoms with Crippen molar-refractivity contribution in [3.05, 3.63) is 42.2 Å². The molecule has 1 amide bonds. The van der Waals surface area contributed by atoms with Crippen molar-refractivity contribution in [2.24, 2.45) is 5.92 Å². The first-order chi connectivity index (χ1) is 15.3. The Balaban J connectivity index is 1.40. The predicted octanol–water partition coefficient (Wildman–Crippen LogP) is 3.33. The molecule has 1 aromatic carbocycles. The van der Waals surface area contributed by atoms with E-state index in [1.165, 1.54) is 0 Å². The number of anilines is 2. The molecule has 6 rings (SSSR count). The number of ether oxygens (including phenoxy) is 1. The molecule has 0 aliphatic heterocycles. The Hall–Kier alpha value is -3.13. The monoisotopic (exact) mass is 434 g/mol. The first-order valence-electron chi connectivity index (χ1n) is 11.1. The van der Waals surface area contributed by atoms with Crippen molar-refractivity contribution in [3.63, 3.8) is 0 Å². The van der Waals surface area contributed by atoms with Gasteiger partial charge in [-0.1, -0.05) is 0 Å². The topological polar surface area (TPSA) is 75.5 Å². The maximum atomic E-state index is 12.9. The normalized spacial score (nSPS) is 21.2. The van der Waals surface area contributed by atoms with Crippen molar-refractivity contribution in [1.29, 1.82) is 0 Å². The van der Waals surface area contributed by atoms with E-state index in [4.69, 9.17) is 9.72 Å². The highest BCUT2D eigenvalue weighted by molar-refractivity contribution is 5.98. The molecule has 0 atom stereocenters. The second kappa shape index (κ2) is 7.78. The van der Waals surface area contributed by atoms with Gasteiger partial charge in [-0.15, -0.1) is 0 Å². The number of benzene rings is 1. The molecule has 168 valence electrons. The summed E-state index contributed by atoms with van der Waals surface area (Å²) in [4.78, 5) is 25.9. The van der Waals surface area contributed by atoms with Gasteiger partial charge < -0.3 is 24.4 Å². The average molecular weight is 435 g/mol. The number of fused-ring (bicyclic) bond motifs is 1. The summed E-state index contributed by atoms with van der Waals surface area (Å²) in [7, 11) is 7.63. The van der Waals surface area contributed by atoms with Crippen LogP contribution in [0.25, 0.3) is 11.0 Å². The van der Waals surface area contributed by atoms with Gasteiger partial charge in [-0.25, -0.2) is 4.98 Å². The highest BCUT2D eigenvalue weighted by Gasteiger charge is 2.59. The number of amides is 1. The fourth-order valence-corrected chi connectivity index (χ4v) is 4.73. The molecule has 3 aliphatic carbocycles. The summed E-state index contributed by atoms with van der Waals surface area (Å²) in [5, 5.41) is 4.19. The van der Waals surface area contributed by atoms with E-state index in [1.807, 2.05) is 44.4 Å². The van der Waals surface area contributed by atoms with Crippen LogP contribution in [0, 0.1) is 5.92 Å². The molecule has 0 saturated heterocycles. The highest BCUT2D eigenvalue weighted by atomic mass is 16.5. The van der Waals surface area contributed by atoms with Crippen LogP contribution in [0.2, 0.25) is 0 Å². The van der Waals surface area contributed by atoms with Gasteiger partial charge in [0.15, 0.2) is 0 Å². The van der Waals surface area contributed by atoms with Crippen LogP contribution in [0.4, 0.5) is 11.6 Å². The summed E-state index contributed by atoms with van der Waals surface area (Å²) in [5.41, 5.74) is 2.46. The summed E-state index contributed by atoms with van der Waals surface area (Å²) in [6.07, 6.45) is 5.20. The quantitative estimate of drug-likeness (QED) is 0.586. The maximum absolute atomic E-state index is 12.9. The van der Waals surface area contributed by atoms with Gasteiger partial charge >= 0.3 is 0 Å². The number of nitrogens with one attached hydrogen (secondary N) is 1. The average Bonchev–Trinajstić information content (AvgIpc) is 3.05. The molecule has 0 unspecified atom stereocenters. The minimum absolute atomic E-state index is 0.00656. The SMILES string of the molecule is CN(C)CCOc1ccc(Nc2ncc3cc(C(=O)N(C)C)n(C45CC(C4)C5)c3n2)cc1. The van der Waals surface area contributed by atoms with Crippen molar-refractivity contribution in [1.82, 2.24) is 24.3 Å². The maximum Gasteiger partial charge on any atom is 0.270 e. The molecule has 1 N–H and O–H groups in total. The van der Waals surface area contributed by atoms with E-state index in [1.54, 1.807) is 25.2 Å². The molecule has 8 nitrogen and oxygen atoms in total. The van der Waals surface area contributed by atoms with Crippen LogP contribution in [-0.4, -0.2) is 71.6 Å². The molecule has 3 aliphatic rings. The van der Waals surface area contributed by atoms with Crippen LogP contribution in [0.15, 0.2) is 36.5 Å². The van der Waals surface area contributed by atoms with E-state index >= 15 is 0 Å². The van der Waals surface area contributed by atoms with Crippen molar-refractivity contribution in [2.45, 2.75) is 24.8 Å². The van der Waals surface area contributed by atoms with E-state index in [0.717, 1.165) is 54.2 Å². The summed E-state index contributed by atoms with van der Waals surface area (Å²) < 4.78 is 7.94. The lowest BCUT2D eigenvalue weighted by atomic mass is 9.49. The summed E-state index contributed by atoms with van der Waals surface area (Å²) >= 11 is 0. The second-order valence-electron chi connectivity index (χ2n) is 9.54. The molecule has 2 aromatic heterocycles. The number of rotatable bonds is 8. The Morgan fingerprint density at radius 3 is 2.50 bits per heavy atom. The Morgan fingerprint density at radius 2 is 1.91 bits per heavy atom. The van der Waals surface area contributed by atoms with E-state index < -0.39 is 0 Å². The number of aromatic nitrogens is 3. The van der Waals surface area contributed by atoms with Gasteiger partial charge in [0.25, 0.3) is 5.91 Å². The summed E-state index contributed by atoms with van der Waals surface area (Å²) in [5.74, 6) is 2.16. The number of nitrogens with zero attached hydrogens (tertiary/aromatic N) is 5. The standard InChI is InChI=1S/C24H30N6O2/c1-28(2)9-10-32-19-7-5-18(6-8-19)26-23-25-15-17-11-20(22(31)29(3)4)30(21(17)27-23)24-12-16(13-24)14-24/h5-8,11,15-16H,9-10,12-14H2,1-4H3,(H,25,26,27). The van der Waals surface area contributed by atoms with E-state index in [2.05, 4.69) is 19.8 Å². The lowest BCUT2D eigenvalue weighted by molar-refractivity contribution is -0.0870. The number of carbonyl (C=O) groups is 1. The van der Waals surface area contributed by atoms with Crippen LogP contribution in [0.5, 0.6) is 5.75 Å². The minimum atomic E-state index is 0.00656.